The Morgan fingerprint density at radius 1 is 1.45 bits per heavy atom. The molecule has 0 aromatic heterocycles. The van der Waals surface area contributed by atoms with Crippen LogP contribution in [-0.4, -0.2) is 12.2 Å². The van der Waals surface area contributed by atoms with Gasteiger partial charge in [-0.05, 0) is 17.7 Å². The topological polar surface area (TPSA) is 67.5 Å². The van der Waals surface area contributed by atoms with Gasteiger partial charge in [0.25, 0.3) is 0 Å². The SMILES string of the molecule is NC(=O)NN=CC1=CCC(F)(c2ccccc2F)C=C1. The lowest BCUT2D eigenvalue weighted by atomic mass is 9.87. The minimum atomic E-state index is -1.88. The number of benzene rings is 1. The number of alkyl halides is 1. The normalized spacial score (nSPS) is 21.8. The number of nitrogens with two attached hydrogens (primary N) is 1. The highest BCUT2D eigenvalue weighted by atomic mass is 19.1. The molecule has 1 atom stereocenters. The second kappa shape index (κ2) is 5.64. The Balaban J connectivity index is 2.12. The number of primary amides is 1. The zero-order valence-electron chi connectivity index (χ0n) is 10.5. The van der Waals surface area contributed by atoms with E-state index < -0.39 is 17.5 Å². The molecule has 1 aromatic rings. The number of amides is 2. The van der Waals surface area contributed by atoms with E-state index in [1.54, 1.807) is 12.1 Å². The summed E-state index contributed by atoms with van der Waals surface area (Å²) in [4.78, 5) is 10.4. The van der Waals surface area contributed by atoms with Gasteiger partial charge in [0, 0.05) is 12.0 Å². The summed E-state index contributed by atoms with van der Waals surface area (Å²) in [5.41, 5.74) is 5.60. The van der Waals surface area contributed by atoms with Crippen LogP contribution in [-0.2, 0) is 5.67 Å². The monoisotopic (exact) mass is 277 g/mol. The number of hydrogen-bond donors (Lipinski definition) is 2. The number of hydrazone groups is 1. The van der Waals surface area contributed by atoms with E-state index in [4.69, 9.17) is 5.73 Å². The zero-order chi connectivity index (χ0) is 14.6. The molecule has 0 bridgehead atoms. The molecular formula is C14H13F2N3O. The first kappa shape index (κ1) is 13.9. The largest absolute Gasteiger partial charge is 0.350 e. The summed E-state index contributed by atoms with van der Waals surface area (Å²) in [5.74, 6) is -0.583. The molecule has 0 spiro atoms. The van der Waals surface area contributed by atoms with Gasteiger partial charge >= 0.3 is 6.03 Å². The highest BCUT2D eigenvalue weighted by Gasteiger charge is 2.32. The van der Waals surface area contributed by atoms with E-state index in [1.165, 1.54) is 36.6 Å². The molecule has 0 heterocycles. The third-order valence-corrected chi connectivity index (χ3v) is 2.88. The number of urea groups is 1. The van der Waals surface area contributed by atoms with Gasteiger partial charge in [0.15, 0.2) is 5.67 Å². The number of rotatable bonds is 3. The van der Waals surface area contributed by atoms with Gasteiger partial charge < -0.3 is 5.73 Å². The van der Waals surface area contributed by atoms with Crippen molar-refractivity contribution in [1.82, 2.24) is 5.43 Å². The first-order valence-electron chi connectivity index (χ1n) is 5.93. The number of nitrogens with zero attached hydrogens (tertiary/aromatic N) is 1. The van der Waals surface area contributed by atoms with Crippen molar-refractivity contribution < 1.29 is 13.6 Å². The fraction of sp³-hybridized carbons (Fsp3) is 0.143. The van der Waals surface area contributed by atoms with E-state index in [2.05, 4.69) is 5.10 Å². The first-order chi connectivity index (χ1) is 9.51. The van der Waals surface area contributed by atoms with E-state index in [0.29, 0.717) is 5.57 Å². The lowest BCUT2D eigenvalue weighted by Crippen LogP contribution is -2.24. The molecule has 3 N–H and O–H groups in total. The number of carbonyl (C=O) groups is 1. The Morgan fingerprint density at radius 3 is 2.80 bits per heavy atom. The molecule has 104 valence electrons. The van der Waals surface area contributed by atoms with Crippen molar-refractivity contribution in [2.24, 2.45) is 10.8 Å². The Bertz CT molecular complexity index is 610. The van der Waals surface area contributed by atoms with Crippen LogP contribution in [0.4, 0.5) is 13.6 Å². The van der Waals surface area contributed by atoms with Crippen LogP contribution in [0.1, 0.15) is 12.0 Å². The first-order valence-corrected chi connectivity index (χ1v) is 5.93. The van der Waals surface area contributed by atoms with E-state index in [9.17, 15) is 13.6 Å². The van der Waals surface area contributed by atoms with Crippen molar-refractivity contribution in [3.63, 3.8) is 0 Å². The van der Waals surface area contributed by atoms with Gasteiger partial charge in [-0.15, -0.1) is 0 Å². The smallest absolute Gasteiger partial charge is 0.332 e. The maximum atomic E-state index is 14.7. The average Bonchev–Trinajstić information content (AvgIpc) is 2.41. The quantitative estimate of drug-likeness (QED) is 0.647. The minimum absolute atomic E-state index is 0.00116. The second-order valence-corrected chi connectivity index (χ2v) is 4.32. The van der Waals surface area contributed by atoms with Crippen LogP contribution >= 0.6 is 0 Å². The van der Waals surface area contributed by atoms with Crippen LogP contribution < -0.4 is 11.2 Å². The molecule has 1 aromatic carbocycles. The third-order valence-electron chi connectivity index (χ3n) is 2.88. The van der Waals surface area contributed by atoms with Gasteiger partial charge in [0.05, 0.1) is 6.21 Å². The van der Waals surface area contributed by atoms with Crippen LogP contribution in [0.15, 0.2) is 53.2 Å². The molecule has 2 rings (SSSR count). The minimum Gasteiger partial charge on any atom is -0.350 e. The molecular weight excluding hydrogens is 264 g/mol. The molecule has 1 unspecified atom stereocenters. The standard InChI is InChI=1S/C14H13F2N3O/c15-12-4-2-1-3-11(12)14(16)7-5-10(6-8-14)9-18-19-13(17)20/h1-7,9H,8H2,(H3,17,19,20). The fourth-order valence-corrected chi connectivity index (χ4v) is 1.89. The number of halogens is 2. The molecule has 2 amide bonds. The van der Waals surface area contributed by atoms with E-state index in [0.717, 1.165) is 0 Å². The van der Waals surface area contributed by atoms with E-state index in [-0.39, 0.29) is 12.0 Å². The van der Waals surface area contributed by atoms with Crippen LogP contribution in [0.3, 0.4) is 0 Å². The number of allylic oxidation sites excluding steroid dienone is 4. The van der Waals surface area contributed by atoms with Crippen molar-refractivity contribution in [2.45, 2.75) is 12.1 Å². The summed E-state index contributed by atoms with van der Waals surface area (Å²) in [6.45, 7) is 0. The molecule has 4 nitrogen and oxygen atoms in total. The molecule has 0 aliphatic heterocycles. The van der Waals surface area contributed by atoms with Crippen molar-refractivity contribution >= 4 is 12.2 Å². The van der Waals surface area contributed by atoms with Crippen molar-refractivity contribution in [1.29, 1.82) is 0 Å². The van der Waals surface area contributed by atoms with Crippen LogP contribution in [0.2, 0.25) is 0 Å². The Morgan fingerprint density at radius 2 is 2.20 bits per heavy atom. The summed E-state index contributed by atoms with van der Waals surface area (Å²) in [5, 5.41) is 3.57. The van der Waals surface area contributed by atoms with Crippen molar-refractivity contribution in [2.75, 3.05) is 0 Å². The van der Waals surface area contributed by atoms with Gasteiger partial charge in [-0.25, -0.2) is 19.0 Å². The number of carbonyl (C=O) groups excluding carboxylic acids is 1. The predicted octanol–water partition coefficient (Wildman–Crippen LogP) is 2.53. The predicted molar refractivity (Wildman–Crippen MR) is 72.2 cm³/mol. The lowest BCUT2D eigenvalue weighted by Gasteiger charge is -2.24. The van der Waals surface area contributed by atoms with E-state index >= 15 is 0 Å². The van der Waals surface area contributed by atoms with Crippen LogP contribution in [0.5, 0.6) is 0 Å². The van der Waals surface area contributed by atoms with Crippen molar-refractivity contribution in [3.8, 4) is 0 Å². The molecule has 0 saturated heterocycles. The zero-order valence-corrected chi connectivity index (χ0v) is 10.5. The molecule has 0 saturated carbocycles. The fourth-order valence-electron chi connectivity index (χ4n) is 1.89. The number of nitrogens with one attached hydrogen (secondary N) is 1. The molecule has 0 fully saturated rings. The highest BCUT2D eigenvalue weighted by Crippen LogP contribution is 2.36. The van der Waals surface area contributed by atoms with Gasteiger partial charge in [-0.3, -0.25) is 0 Å². The Kier molecular flexibility index (Phi) is 3.93. The lowest BCUT2D eigenvalue weighted by molar-refractivity contribution is 0.227. The summed E-state index contributed by atoms with van der Waals surface area (Å²) >= 11 is 0. The summed E-state index contributed by atoms with van der Waals surface area (Å²) in [6, 6.07) is 4.96. The molecule has 1 aliphatic rings. The Labute approximate surface area is 114 Å². The van der Waals surface area contributed by atoms with Gasteiger partial charge in [0.1, 0.15) is 5.82 Å². The van der Waals surface area contributed by atoms with Gasteiger partial charge in [-0.2, -0.15) is 5.10 Å². The number of hydrogen-bond acceptors (Lipinski definition) is 2. The second-order valence-electron chi connectivity index (χ2n) is 4.32. The van der Waals surface area contributed by atoms with Crippen molar-refractivity contribution in [3.05, 3.63) is 59.4 Å². The van der Waals surface area contributed by atoms with Crippen LogP contribution in [0, 0.1) is 5.82 Å². The molecule has 0 radical (unpaired) electrons. The molecule has 1 aliphatic carbocycles. The maximum Gasteiger partial charge on any atom is 0.332 e. The summed E-state index contributed by atoms with van der Waals surface area (Å²) < 4.78 is 28.3. The molecule has 20 heavy (non-hydrogen) atoms. The Hall–Kier alpha value is -2.50. The maximum absolute atomic E-state index is 14.7. The molecule has 6 heteroatoms. The van der Waals surface area contributed by atoms with Gasteiger partial charge in [-0.1, -0.05) is 30.4 Å². The average molecular weight is 277 g/mol. The summed E-state index contributed by atoms with van der Waals surface area (Å²) in [6.07, 6.45) is 5.64. The van der Waals surface area contributed by atoms with Crippen LogP contribution in [0.25, 0.3) is 0 Å². The summed E-state index contributed by atoms with van der Waals surface area (Å²) in [7, 11) is 0. The highest BCUT2D eigenvalue weighted by molar-refractivity contribution is 5.84. The van der Waals surface area contributed by atoms with Gasteiger partial charge in [0.2, 0.25) is 0 Å². The van der Waals surface area contributed by atoms with E-state index in [1.807, 2.05) is 5.43 Å². The third kappa shape index (κ3) is 3.09.